The van der Waals surface area contributed by atoms with Gasteiger partial charge >= 0.3 is 5.69 Å². The average molecular weight is 390 g/mol. The molecule has 0 N–H and O–H groups in total. The van der Waals surface area contributed by atoms with Crippen LogP contribution in [0.25, 0.3) is 22.4 Å². The van der Waals surface area contributed by atoms with Crippen LogP contribution in [0.2, 0.25) is 0 Å². The highest BCUT2D eigenvalue weighted by atomic mass is 32.2. The minimum Gasteiger partial charge on any atom is -0.381 e. The molecule has 9 heteroatoms. The topological polar surface area (TPSA) is 79.0 Å². The van der Waals surface area contributed by atoms with Crippen LogP contribution in [0.3, 0.4) is 0 Å². The fraction of sp³-hybridized carbons (Fsp3) is 0.333. The van der Waals surface area contributed by atoms with Gasteiger partial charge in [0.25, 0.3) is 5.56 Å². The van der Waals surface area contributed by atoms with E-state index in [0.29, 0.717) is 29.6 Å². The van der Waals surface area contributed by atoms with Crippen molar-refractivity contribution < 1.29 is 9.13 Å². The van der Waals surface area contributed by atoms with Crippen molar-refractivity contribution in [3.63, 3.8) is 0 Å². The van der Waals surface area contributed by atoms with Crippen molar-refractivity contribution >= 4 is 22.8 Å². The Balaban J connectivity index is 2.25. The number of halogens is 1. The minimum absolute atomic E-state index is 0.219. The molecular formula is C18H19FN4O3S. The average Bonchev–Trinajstić information content (AvgIpc) is 2.67. The van der Waals surface area contributed by atoms with Crippen LogP contribution in [0.1, 0.15) is 6.92 Å². The van der Waals surface area contributed by atoms with E-state index in [9.17, 15) is 14.0 Å². The predicted molar refractivity (Wildman–Crippen MR) is 103 cm³/mol. The zero-order valence-electron chi connectivity index (χ0n) is 15.2. The maximum absolute atomic E-state index is 13.6. The van der Waals surface area contributed by atoms with E-state index in [2.05, 4.69) is 9.97 Å². The van der Waals surface area contributed by atoms with Crippen LogP contribution in [0.4, 0.5) is 4.39 Å². The van der Waals surface area contributed by atoms with Crippen LogP contribution in [-0.4, -0.2) is 38.1 Å². The second-order valence-corrected chi connectivity index (χ2v) is 6.90. The van der Waals surface area contributed by atoms with Crippen molar-refractivity contribution in [2.45, 2.75) is 11.9 Å². The molecule has 0 radical (unpaired) electrons. The van der Waals surface area contributed by atoms with Crippen molar-refractivity contribution in [2.24, 2.45) is 14.1 Å². The summed E-state index contributed by atoms with van der Waals surface area (Å²) < 4.78 is 21.3. The highest BCUT2D eigenvalue weighted by molar-refractivity contribution is 7.99. The molecule has 0 fully saturated rings. The Bertz CT molecular complexity index is 1110. The molecule has 0 saturated heterocycles. The van der Waals surface area contributed by atoms with Gasteiger partial charge in [-0.2, -0.15) is 0 Å². The second kappa shape index (κ2) is 8.01. The van der Waals surface area contributed by atoms with Gasteiger partial charge in [0.15, 0.2) is 11.5 Å². The van der Waals surface area contributed by atoms with Crippen LogP contribution in [-0.2, 0) is 18.8 Å². The molecular weight excluding hydrogens is 371 g/mol. The monoisotopic (exact) mass is 390 g/mol. The van der Waals surface area contributed by atoms with E-state index < -0.39 is 17.1 Å². The first-order valence-electron chi connectivity index (χ1n) is 8.38. The van der Waals surface area contributed by atoms with E-state index in [0.717, 1.165) is 4.57 Å². The number of nitrogens with zero attached hydrogens (tertiary/aromatic N) is 4. The van der Waals surface area contributed by atoms with Gasteiger partial charge in [-0.05, 0) is 19.1 Å². The molecule has 0 bridgehead atoms. The lowest BCUT2D eigenvalue weighted by molar-refractivity contribution is 0.164. The summed E-state index contributed by atoms with van der Waals surface area (Å²) in [6.45, 7) is 2.99. The van der Waals surface area contributed by atoms with Crippen LogP contribution in [0.5, 0.6) is 0 Å². The summed E-state index contributed by atoms with van der Waals surface area (Å²) in [6, 6.07) is 5.88. The zero-order chi connectivity index (χ0) is 19.6. The van der Waals surface area contributed by atoms with E-state index in [1.807, 2.05) is 6.92 Å². The van der Waals surface area contributed by atoms with Crippen molar-refractivity contribution in [1.29, 1.82) is 0 Å². The predicted octanol–water partition coefficient (Wildman–Crippen LogP) is 1.96. The summed E-state index contributed by atoms with van der Waals surface area (Å²) in [6.07, 6.45) is 0. The fourth-order valence-electron chi connectivity index (χ4n) is 2.63. The number of aromatic nitrogens is 4. The molecule has 142 valence electrons. The van der Waals surface area contributed by atoms with Crippen molar-refractivity contribution in [2.75, 3.05) is 19.0 Å². The highest BCUT2D eigenvalue weighted by Gasteiger charge is 2.18. The maximum Gasteiger partial charge on any atom is 0.332 e. The van der Waals surface area contributed by atoms with Gasteiger partial charge in [-0.25, -0.2) is 19.2 Å². The summed E-state index contributed by atoms with van der Waals surface area (Å²) in [4.78, 5) is 33.8. The van der Waals surface area contributed by atoms with Gasteiger partial charge < -0.3 is 4.74 Å². The summed E-state index contributed by atoms with van der Waals surface area (Å²) >= 11 is 1.34. The third kappa shape index (κ3) is 3.79. The molecule has 2 aromatic heterocycles. The van der Waals surface area contributed by atoms with E-state index in [1.165, 1.54) is 35.5 Å². The van der Waals surface area contributed by atoms with E-state index in [1.54, 1.807) is 19.2 Å². The molecule has 0 aliphatic carbocycles. The quantitative estimate of drug-likeness (QED) is 0.364. The van der Waals surface area contributed by atoms with Gasteiger partial charge in [-0.15, -0.1) is 11.8 Å². The molecule has 1 aromatic carbocycles. The number of hydrogen-bond donors (Lipinski definition) is 0. The molecule has 0 atom stereocenters. The maximum atomic E-state index is 13.6. The SMILES string of the molecule is CCOCCSc1nc(-c2cccc(F)c2)nc2c1c(=O)n(C)c(=O)n2C. The molecule has 0 aliphatic heterocycles. The molecule has 0 unspecified atom stereocenters. The molecule has 0 aliphatic rings. The zero-order valence-corrected chi connectivity index (χ0v) is 16.0. The van der Waals surface area contributed by atoms with Crippen LogP contribution in [0, 0.1) is 5.82 Å². The summed E-state index contributed by atoms with van der Waals surface area (Å²) in [5.74, 6) is 0.415. The minimum atomic E-state index is -0.485. The molecule has 7 nitrogen and oxygen atoms in total. The molecule has 3 aromatic rings. The number of thioether (sulfide) groups is 1. The third-order valence-corrected chi connectivity index (χ3v) is 4.96. The number of rotatable bonds is 6. The molecule has 0 spiro atoms. The van der Waals surface area contributed by atoms with Gasteiger partial charge in [0.05, 0.1) is 6.61 Å². The van der Waals surface area contributed by atoms with Gasteiger partial charge in [-0.3, -0.25) is 13.9 Å². The second-order valence-electron chi connectivity index (χ2n) is 5.81. The molecule has 0 amide bonds. The Hall–Kier alpha value is -2.52. The van der Waals surface area contributed by atoms with Crippen LogP contribution in [0.15, 0.2) is 38.9 Å². The Morgan fingerprint density at radius 2 is 1.96 bits per heavy atom. The first-order chi connectivity index (χ1) is 12.9. The molecule has 0 saturated carbocycles. The Morgan fingerprint density at radius 1 is 1.19 bits per heavy atom. The van der Waals surface area contributed by atoms with Gasteiger partial charge in [0.2, 0.25) is 0 Å². The smallest absolute Gasteiger partial charge is 0.332 e. The first-order valence-corrected chi connectivity index (χ1v) is 9.36. The van der Waals surface area contributed by atoms with Crippen molar-refractivity contribution in [1.82, 2.24) is 19.1 Å². The lowest BCUT2D eigenvalue weighted by Gasteiger charge is -2.12. The van der Waals surface area contributed by atoms with Gasteiger partial charge in [-0.1, -0.05) is 12.1 Å². The number of hydrogen-bond acceptors (Lipinski definition) is 6. The summed E-state index contributed by atoms with van der Waals surface area (Å²) in [5, 5.41) is 0.705. The normalized spacial score (nSPS) is 11.3. The number of ether oxygens (including phenoxy) is 1. The standard InChI is InChI=1S/C18H19FN4O3S/c1-4-26-8-9-27-16-13-15(22(2)18(25)23(3)17(13)24)20-14(21-16)11-6-5-7-12(19)10-11/h5-7,10H,4,8-9H2,1-3H3. The fourth-order valence-corrected chi connectivity index (χ4v) is 3.50. The molecule has 27 heavy (non-hydrogen) atoms. The van der Waals surface area contributed by atoms with E-state index in [4.69, 9.17) is 4.74 Å². The van der Waals surface area contributed by atoms with E-state index in [-0.39, 0.29) is 16.9 Å². The van der Waals surface area contributed by atoms with Crippen LogP contribution < -0.4 is 11.2 Å². The number of benzene rings is 1. The summed E-state index contributed by atoms with van der Waals surface area (Å²) in [5.41, 5.74) is -0.257. The highest BCUT2D eigenvalue weighted by Crippen LogP contribution is 2.26. The molecule has 3 rings (SSSR count). The Labute approximate surface area is 158 Å². The van der Waals surface area contributed by atoms with E-state index >= 15 is 0 Å². The summed E-state index contributed by atoms with van der Waals surface area (Å²) in [7, 11) is 2.96. The largest absolute Gasteiger partial charge is 0.381 e. The number of fused-ring (bicyclic) bond motifs is 1. The van der Waals surface area contributed by atoms with Crippen molar-refractivity contribution in [3.05, 3.63) is 50.9 Å². The van der Waals surface area contributed by atoms with Crippen LogP contribution >= 0.6 is 11.8 Å². The lowest BCUT2D eigenvalue weighted by atomic mass is 10.2. The lowest BCUT2D eigenvalue weighted by Crippen LogP contribution is -2.37. The van der Waals surface area contributed by atoms with Crippen molar-refractivity contribution in [3.8, 4) is 11.4 Å². The molecule has 2 heterocycles. The van der Waals surface area contributed by atoms with Gasteiger partial charge in [0, 0.05) is 32.0 Å². The number of aryl methyl sites for hydroxylation is 1. The third-order valence-electron chi connectivity index (χ3n) is 4.02. The first kappa shape index (κ1) is 19.2. The van der Waals surface area contributed by atoms with Gasteiger partial charge in [0.1, 0.15) is 16.2 Å². The Kier molecular flexibility index (Phi) is 5.71. The Morgan fingerprint density at radius 3 is 2.67 bits per heavy atom.